The third-order valence-corrected chi connectivity index (χ3v) is 4.25. The van der Waals surface area contributed by atoms with Crippen LogP contribution in [0.4, 0.5) is 0 Å². The molecule has 2 rings (SSSR count). The first-order valence-electron chi connectivity index (χ1n) is 7.38. The molecule has 116 valence electrons. The number of nitrogens with one attached hydrogen (secondary N) is 1. The molecule has 0 saturated carbocycles. The Balaban J connectivity index is 2.07. The van der Waals surface area contributed by atoms with E-state index in [9.17, 15) is 9.59 Å². The second-order valence-corrected chi connectivity index (χ2v) is 5.88. The van der Waals surface area contributed by atoms with Crippen LogP contribution in [0.3, 0.4) is 0 Å². The number of likely N-dealkylation sites (tertiary alicyclic amines) is 1. The number of carbonyl (C=O) groups excluding carboxylic acids is 2. The van der Waals surface area contributed by atoms with E-state index in [4.69, 9.17) is 10.3 Å². The van der Waals surface area contributed by atoms with Crippen LogP contribution in [0.25, 0.3) is 0 Å². The molecule has 0 aliphatic carbocycles. The van der Waals surface area contributed by atoms with Gasteiger partial charge in [-0.2, -0.15) is 0 Å². The summed E-state index contributed by atoms with van der Waals surface area (Å²) in [7, 11) is 0. The second-order valence-electron chi connectivity index (χ2n) is 5.88. The lowest BCUT2D eigenvalue weighted by atomic mass is 9.89. The third kappa shape index (κ3) is 3.64. The van der Waals surface area contributed by atoms with Gasteiger partial charge < -0.3 is 9.32 Å². The van der Waals surface area contributed by atoms with Crippen LogP contribution in [-0.4, -0.2) is 23.3 Å². The summed E-state index contributed by atoms with van der Waals surface area (Å²) in [6, 6.07) is 1.57. The lowest BCUT2D eigenvalue weighted by Gasteiger charge is -2.21. The standard InChI is InChI=1S/C15H23N3O3/c1-10(2)11-3-4-14(19)18(7-5-11)9-13-12(6-8-21-13)15(20)17-16/h6,8,10-11H,3-5,7,9,16H2,1-2H3,(H,17,20). The lowest BCUT2D eigenvalue weighted by molar-refractivity contribution is -0.131. The molecule has 2 amide bonds. The van der Waals surface area contributed by atoms with Gasteiger partial charge in [0, 0.05) is 13.0 Å². The van der Waals surface area contributed by atoms with Gasteiger partial charge in [-0.25, -0.2) is 5.84 Å². The molecule has 0 spiro atoms. The zero-order chi connectivity index (χ0) is 15.4. The molecule has 0 aromatic carbocycles. The Labute approximate surface area is 124 Å². The monoisotopic (exact) mass is 293 g/mol. The molecule has 1 saturated heterocycles. The summed E-state index contributed by atoms with van der Waals surface area (Å²) >= 11 is 0. The van der Waals surface area contributed by atoms with E-state index in [0.717, 1.165) is 12.8 Å². The molecule has 0 bridgehead atoms. The van der Waals surface area contributed by atoms with Crippen LogP contribution < -0.4 is 11.3 Å². The maximum atomic E-state index is 12.2. The first-order chi connectivity index (χ1) is 10.0. The number of carbonyl (C=O) groups is 2. The van der Waals surface area contributed by atoms with Gasteiger partial charge in [0.05, 0.1) is 18.4 Å². The summed E-state index contributed by atoms with van der Waals surface area (Å²) in [5, 5.41) is 0. The average molecular weight is 293 g/mol. The van der Waals surface area contributed by atoms with Crippen molar-refractivity contribution in [1.29, 1.82) is 0 Å². The Hall–Kier alpha value is -1.82. The van der Waals surface area contributed by atoms with Gasteiger partial charge in [-0.05, 0) is 30.7 Å². The fraction of sp³-hybridized carbons (Fsp3) is 0.600. The van der Waals surface area contributed by atoms with Crippen molar-refractivity contribution in [2.24, 2.45) is 17.7 Å². The van der Waals surface area contributed by atoms with Crippen LogP contribution in [0, 0.1) is 11.8 Å². The minimum atomic E-state index is -0.402. The molecule has 1 unspecified atom stereocenters. The fourth-order valence-electron chi connectivity index (χ4n) is 2.81. The third-order valence-electron chi connectivity index (χ3n) is 4.25. The number of hydrazine groups is 1. The van der Waals surface area contributed by atoms with E-state index >= 15 is 0 Å². The molecule has 6 nitrogen and oxygen atoms in total. The number of hydrogen-bond donors (Lipinski definition) is 2. The van der Waals surface area contributed by atoms with Gasteiger partial charge in [-0.15, -0.1) is 0 Å². The van der Waals surface area contributed by atoms with Gasteiger partial charge in [0.15, 0.2) is 0 Å². The van der Waals surface area contributed by atoms with Crippen LogP contribution in [0.15, 0.2) is 16.7 Å². The van der Waals surface area contributed by atoms with Crippen molar-refractivity contribution in [1.82, 2.24) is 10.3 Å². The van der Waals surface area contributed by atoms with E-state index in [1.54, 1.807) is 11.0 Å². The Bertz CT molecular complexity index is 510. The van der Waals surface area contributed by atoms with E-state index in [1.807, 2.05) is 0 Å². The van der Waals surface area contributed by atoms with Gasteiger partial charge in [0.2, 0.25) is 5.91 Å². The summed E-state index contributed by atoms with van der Waals surface area (Å²) < 4.78 is 5.34. The summed E-state index contributed by atoms with van der Waals surface area (Å²) in [6.07, 6.45) is 3.92. The topological polar surface area (TPSA) is 88.6 Å². The molecule has 1 fully saturated rings. The van der Waals surface area contributed by atoms with Crippen LogP contribution >= 0.6 is 0 Å². The first-order valence-corrected chi connectivity index (χ1v) is 7.38. The number of rotatable bonds is 4. The highest BCUT2D eigenvalue weighted by Crippen LogP contribution is 2.26. The normalized spacial score (nSPS) is 19.7. The first kappa shape index (κ1) is 15.6. The highest BCUT2D eigenvalue weighted by molar-refractivity contribution is 5.94. The zero-order valence-corrected chi connectivity index (χ0v) is 12.6. The quantitative estimate of drug-likeness (QED) is 0.502. The molecular formula is C15H23N3O3. The van der Waals surface area contributed by atoms with Gasteiger partial charge in [-0.3, -0.25) is 15.0 Å². The van der Waals surface area contributed by atoms with Crippen molar-refractivity contribution >= 4 is 11.8 Å². The predicted molar refractivity (Wildman–Crippen MR) is 78.0 cm³/mol. The van der Waals surface area contributed by atoms with Gasteiger partial charge in [0.25, 0.3) is 5.91 Å². The van der Waals surface area contributed by atoms with Crippen LogP contribution in [0.5, 0.6) is 0 Å². The molecule has 2 heterocycles. The SMILES string of the molecule is CC(C)C1CCC(=O)N(Cc2occc2C(=O)NN)CC1. The van der Waals surface area contributed by atoms with Crippen LogP contribution in [0.2, 0.25) is 0 Å². The van der Waals surface area contributed by atoms with E-state index in [1.165, 1.54) is 6.26 Å². The largest absolute Gasteiger partial charge is 0.467 e. The average Bonchev–Trinajstić information content (AvgIpc) is 2.84. The van der Waals surface area contributed by atoms with Gasteiger partial charge >= 0.3 is 0 Å². The molecule has 6 heteroatoms. The van der Waals surface area contributed by atoms with E-state index in [2.05, 4.69) is 19.3 Å². The van der Waals surface area contributed by atoms with E-state index < -0.39 is 5.91 Å². The minimum absolute atomic E-state index is 0.119. The Kier molecular flexibility index (Phi) is 5.01. The molecule has 3 N–H and O–H groups in total. The highest BCUT2D eigenvalue weighted by atomic mass is 16.3. The number of nitrogen functional groups attached to an aromatic ring is 1. The smallest absolute Gasteiger partial charge is 0.268 e. The summed E-state index contributed by atoms with van der Waals surface area (Å²) in [5.41, 5.74) is 2.47. The minimum Gasteiger partial charge on any atom is -0.467 e. The van der Waals surface area contributed by atoms with Crippen LogP contribution in [0.1, 0.15) is 49.2 Å². The molecule has 1 aromatic heterocycles. The fourth-order valence-corrected chi connectivity index (χ4v) is 2.81. The number of amides is 2. The molecule has 1 aliphatic rings. The van der Waals surface area contributed by atoms with Crippen molar-refractivity contribution in [3.63, 3.8) is 0 Å². The Morgan fingerprint density at radius 2 is 2.29 bits per heavy atom. The number of hydrogen-bond acceptors (Lipinski definition) is 4. The molecule has 1 atom stereocenters. The van der Waals surface area contributed by atoms with E-state index in [0.29, 0.717) is 42.7 Å². The molecule has 1 aliphatic heterocycles. The van der Waals surface area contributed by atoms with E-state index in [-0.39, 0.29) is 5.91 Å². The summed E-state index contributed by atoms with van der Waals surface area (Å²) in [4.78, 5) is 25.6. The number of nitrogens with two attached hydrogens (primary N) is 1. The van der Waals surface area contributed by atoms with Crippen molar-refractivity contribution in [2.75, 3.05) is 6.54 Å². The van der Waals surface area contributed by atoms with Crippen LogP contribution in [-0.2, 0) is 11.3 Å². The van der Waals surface area contributed by atoms with Crippen molar-refractivity contribution in [2.45, 2.75) is 39.7 Å². The molecular weight excluding hydrogens is 270 g/mol. The Morgan fingerprint density at radius 3 is 2.95 bits per heavy atom. The Morgan fingerprint density at radius 1 is 1.52 bits per heavy atom. The second kappa shape index (κ2) is 6.76. The number of nitrogens with zero attached hydrogens (tertiary/aromatic N) is 1. The molecule has 1 aromatic rings. The number of furan rings is 1. The maximum Gasteiger partial charge on any atom is 0.268 e. The summed E-state index contributed by atoms with van der Waals surface area (Å²) in [5.74, 6) is 6.50. The molecule has 21 heavy (non-hydrogen) atoms. The molecule has 0 radical (unpaired) electrons. The lowest BCUT2D eigenvalue weighted by Crippen LogP contribution is -2.33. The predicted octanol–water partition coefficient (Wildman–Crippen LogP) is 1.67. The van der Waals surface area contributed by atoms with Crippen molar-refractivity contribution < 1.29 is 14.0 Å². The van der Waals surface area contributed by atoms with Gasteiger partial charge in [0.1, 0.15) is 5.76 Å². The van der Waals surface area contributed by atoms with Crippen molar-refractivity contribution in [3.05, 3.63) is 23.7 Å². The van der Waals surface area contributed by atoms with Gasteiger partial charge in [-0.1, -0.05) is 13.8 Å². The maximum absolute atomic E-state index is 12.2. The van der Waals surface area contributed by atoms with Crippen molar-refractivity contribution in [3.8, 4) is 0 Å². The zero-order valence-electron chi connectivity index (χ0n) is 12.6. The highest BCUT2D eigenvalue weighted by Gasteiger charge is 2.26. The summed E-state index contributed by atoms with van der Waals surface area (Å²) in [6.45, 7) is 5.41.